The number of carbonyl (C=O) groups is 1. The Morgan fingerprint density at radius 1 is 1.32 bits per heavy atom. The second kappa shape index (κ2) is 6.20. The lowest BCUT2D eigenvalue weighted by Crippen LogP contribution is -2.39. The van der Waals surface area contributed by atoms with Gasteiger partial charge in [-0.3, -0.25) is 4.79 Å². The van der Waals surface area contributed by atoms with Crippen molar-refractivity contribution in [1.29, 1.82) is 0 Å². The molecule has 1 fully saturated rings. The third kappa shape index (κ3) is 3.20. The van der Waals surface area contributed by atoms with Crippen molar-refractivity contribution in [3.05, 3.63) is 53.4 Å². The Hall–Kier alpha value is -2.89. The van der Waals surface area contributed by atoms with Crippen molar-refractivity contribution in [3.8, 4) is 0 Å². The van der Waals surface area contributed by atoms with Gasteiger partial charge < -0.3 is 4.90 Å². The number of rotatable bonds is 2. The first-order chi connectivity index (χ1) is 11.8. The maximum atomic E-state index is 13.1. The van der Waals surface area contributed by atoms with E-state index < -0.39 is 35.3 Å². The van der Waals surface area contributed by atoms with Crippen molar-refractivity contribution < 1.29 is 22.4 Å². The number of anilines is 1. The van der Waals surface area contributed by atoms with Gasteiger partial charge in [-0.05, 0) is 25.0 Å². The number of carbonyl (C=O) groups excluding carboxylic acids is 1. The van der Waals surface area contributed by atoms with Crippen LogP contribution in [0.2, 0.25) is 0 Å². The molecular weight excluding hydrogens is 340 g/mol. The van der Waals surface area contributed by atoms with E-state index in [9.17, 15) is 22.4 Å². The van der Waals surface area contributed by atoms with Crippen LogP contribution in [0.3, 0.4) is 0 Å². The van der Waals surface area contributed by atoms with Crippen LogP contribution in [-0.4, -0.2) is 28.3 Å². The van der Waals surface area contributed by atoms with E-state index in [-0.39, 0.29) is 5.69 Å². The molecule has 0 amide bonds. The molecule has 3 rings (SSSR count). The summed E-state index contributed by atoms with van der Waals surface area (Å²) in [7, 11) is 0. The maximum absolute atomic E-state index is 13.1. The quantitative estimate of drug-likeness (QED) is 0.608. The number of nitrogens with zero attached hydrogens (tertiary/aromatic N) is 4. The number of hydrogen-bond donors (Lipinski definition) is 0. The highest BCUT2D eigenvalue weighted by Crippen LogP contribution is 2.40. The molecule has 2 aromatic rings. The summed E-state index contributed by atoms with van der Waals surface area (Å²) in [5, 5.41) is 3.42. The van der Waals surface area contributed by atoms with Gasteiger partial charge in [-0.1, -0.05) is 6.07 Å². The summed E-state index contributed by atoms with van der Waals surface area (Å²) in [5.41, 5.74) is -1.33. The van der Waals surface area contributed by atoms with Gasteiger partial charge in [-0.2, -0.15) is 17.6 Å². The van der Waals surface area contributed by atoms with Crippen LogP contribution in [-0.2, 0) is 6.18 Å². The van der Waals surface area contributed by atoms with Crippen molar-refractivity contribution in [2.45, 2.75) is 25.1 Å². The Labute approximate surface area is 140 Å². The van der Waals surface area contributed by atoms with Crippen LogP contribution in [0.1, 0.15) is 23.2 Å². The summed E-state index contributed by atoms with van der Waals surface area (Å²) >= 11 is 0. The summed E-state index contributed by atoms with van der Waals surface area (Å²) < 4.78 is 53.3. The van der Waals surface area contributed by atoms with E-state index in [0.29, 0.717) is 19.4 Å². The minimum absolute atomic E-state index is 0.197. The number of aromatic nitrogens is 2. The van der Waals surface area contributed by atoms with Gasteiger partial charge in [-0.25, -0.2) is 9.53 Å². The normalized spacial score (nSPS) is 17.6. The molecule has 0 radical (unpaired) electrons. The zero-order chi connectivity index (χ0) is 18.2. The molecule has 1 aromatic carbocycles. The van der Waals surface area contributed by atoms with Crippen molar-refractivity contribution in [2.75, 3.05) is 11.4 Å². The molecule has 1 aromatic heterocycles. The topological polar surface area (TPSA) is 42.5 Å². The van der Waals surface area contributed by atoms with E-state index in [1.165, 1.54) is 17.2 Å². The van der Waals surface area contributed by atoms with E-state index in [0.717, 1.165) is 22.9 Å². The van der Waals surface area contributed by atoms with Gasteiger partial charge in [0.2, 0.25) is 5.95 Å². The second-order valence-electron chi connectivity index (χ2n) is 5.58. The SMILES string of the molecule is [C-]#[N+]c1ccc(N2CCC[C@@H]2C(=O)n2ccc(F)n2)cc1C(F)(F)F. The molecule has 0 N–H and O–H groups in total. The first-order valence-electron chi connectivity index (χ1n) is 7.42. The molecule has 1 saturated heterocycles. The van der Waals surface area contributed by atoms with Crippen LogP contribution in [0.4, 0.5) is 28.9 Å². The van der Waals surface area contributed by atoms with Crippen LogP contribution < -0.4 is 4.90 Å². The molecule has 0 spiro atoms. The van der Waals surface area contributed by atoms with Crippen LogP contribution in [0.5, 0.6) is 0 Å². The van der Waals surface area contributed by atoms with Crippen LogP contribution in [0, 0.1) is 12.5 Å². The third-order valence-electron chi connectivity index (χ3n) is 4.06. The summed E-state index contributed by atoms with van der Waals surface area (Å²) in [4.78, 5) is 16.9. The lowest BCUT2D eigenvalue weighted by Gasteiger charge is -2.26. The van der Waals surface area contributed by atoms with E-state index in [1.807, 2.05) is 0 Å². The first-order valence-corrected chi connectivity index (χ1v) is 7.42. The average Bonchev–Trinajstić information content (AvgIpc) is 3.21. The van der Waals surface area contributed by atoms with Gasteiger partial charge in [0.05, 0.1) is 12.1 Å². The van der Waals surface area contributed by atoms with E-state index in [2.05, 4.69) is 9.94 Å². The number of hydrogen-bond acceptors (Lipinski definition) is 3. The van der Waals surface area contributed by atoms with E-state index in [4.69, 9.17) is 6.57 Å². The molecule has 0 bridgehead atoms. The third-order valence-corrected chi connectivity index (χ3v) is 4.06. The number of halogens is 4. The maximum Gasteiger partial charge on any atom is 0.407 e. The minimum Gasteiger partial charge on any atom is -0.360 e. The Kier molecular flexibility index (Phi) is 4.20. The molecular formula is C16H12F4N4O. The summed E-state index contributed by atoms with van der Waals surface area (Å²) in [6, 6.07) is 3.65. The zero-order valence-corrected chi connectivity index (χ0v) is 12.8. The summed E-state index contributed by atoms with van der Waals surface area (Å²) in [5.74, 6) is -1.32. The highest BCUT2D eigenvalue weighted by molar-refractivity contribution is 5.87. The van der Waals surface area contributed by atoms with E-state index in [1.54, 1.807) is 0 Å². The lowest BCUT2D eigenvalue weighted by molar-refractivity contribution is -0.136. The molecule has 0 unspecified atom stereocenters. The highest BCUT2D eigenvalue weighted by Gasteiger charge is 2.36. The summed E-state index contributed by atoms with van der Waals surface area (Å²) in [6.45, 7) is 7.26. The Balaban J connectivity index is 1.95. The van der Waals surface area contributed by atoms with Crippen LogP contribution >= 0.6 is 0 Å². The standard InChI is InChI=1S/C16H12F4N4O/c1-21-12-5-4-10(9-11(12)16(18,19)20)23-7-2-3-13(23)15(25)24-8-6-14(17)22-24/h4-6,8-9,13H,2-3,7H2/t13-/m1/s1. The predicted molar refractivity (Wildman–Crippen MR) is 80.9 cm³/mol. The molecule has 130 valence electrons. The van der Waals surface area contributed by atoms with Gasteiger partial charge in [0.1, 0.15) is 6.04 Å². The Bertz CT molecular complexity index is 853. The molecule has 5 nitrogen and oxygen atoms in total. The molecule has 9 heteroatoms. The minimum atomic E-state index is -4.67. The molecule has 1 atom stereocenters. The van der Waals surface area contributed by atoms with Crippen molar-refractivity contribution >= 4 is 17.3 Å². The summed E-state index contributed by atoms with van der Waals surface area (Å²) in [6.07, 6.45) is -2.46. The largest absolute Gasteiger partial charge is 0.407 e. The number of benzene rings is 1. The average molecular weight is 352 g/mol. The van der Waals surface area contributed by atoms with Gasteiger partial charge in [0.15, 0.2) is 5.69 Å². The molecule has 0 aliphatic carbocycles. The predicted octanol–water partition coefficient (Wildman–Crippen LogP) is 3.90. The Morgan fingerprint density at radius 3 is 2.68 bits per heavy atom. The van der Waals surface area contributed by atoms with Crippen molar-refractivity contribution in [1.82, 2.24) is 9.78 Å². The fourth-order valence-electron chi connectivity index (χ4n) is 2.94. The van der Waals surface area contributed by atoms with E-state index >= 15 is 0 Å². The van der Waals surface area contributed by atoms with Crippen LogP contribution in [0.15, 0.2) is 30.5 Å². The fraction of sp³-hybridized carbons (Fsp3) is 0.312. The smallest absolute Gasteiger partial charge is 0.360 e. The fourth-order valence-corrected chi connectivity index (χ4v) is 2.94. The molecule has 25 heavy (non-hydrogen) atoms. The second-order valence-corrected chi connectivity index (χ2v) is 5.58. The Morgan fingerprint density at radius 2 is 2.08 bits per heavy atom. The molecule has 0 saturated carbocycles. The monoisotopic (exact) mass is 352 g/mol. The zero-order valence-electron chi connectivity index (χ0n) is 12.8. The molecule has 2 heterocycles. The molecule has 1 aliphatic heterocycles. The number of alkyl halides is 3. The first kappa shape index (κ1) is 17.0. The molecule has 1 aliphatic rings. The van der Waals surface area contributed by atoms with Gasteiger partial charge in [-0.15, -0.1) is 5.10 Å². The van der Waals surface area contributed by atoms with Crippen LogP contribution in [0.25, 0.3) is 4.85 Å². The van der Waals surface area contributed by atoms with Crippen molar-refractivity contribution in [2.24, 2.45) is 0 Å². The van der Waals surface area contributed by atoms with Gasteiger partial charge in [0, 0.05) is 24.5 Å². The highest BCUT2D eigenvalue weighted by atomic mass is 19.4. The lowest BCUT2D eigenvalue weighted by atomic mass is 10.1. The van der Waals surface area contributed by atoms with Gasteiger partial charge >= 0.3 is 6.18 Å². The van der Waals surface area contributed by atoms with Crippen molar-refractivity contribution in [3.63, 3.8) is 0 Å². The van der Waals surface area contributed by atoms with Gasteiger partial charge in [0.25, 0.3) is 5.91 Å².